The summed E-state index contributed by atoms with van der Waals surface area (Å²) < 4.78 is 0. The number of fused-ring (bicyclic) bond motifs is 7. The van der Waals surface area contributed by atoms with E-state index in [0.717, 1.165) is 29.8 Å². The maximum absolute atomic E-state index is 4.97. The molecule has 2 aromatic heterocycles. The van der Waals surface area contributed by atoms with E-state index in [2.05, 4.69) is 136 Å². The van der Waals surface area contributed by atoms with Gasteiger partial charge in [-0.05, 0) is 132 Å². The van der Waals surface area contributed by atoms with E-state index >= 15 is 0 Å². The molecule has 0 fully saturated rings. The highest BCUT2D eigenvalue weighted by Gasteiger charge is 2.39. The smallest absolute Gasteiger partial charge is 0.0886 e. The molecule has 0 unspecified atom stereocenters. The summed E-state index contributed by atoms with van der Waals surface area (Å²) in [6.45, 7) is 9.56. The zero-order valence-electron chi connectivity index (χ0n) is 29.0. The highest BCUT2D eigenvalue weighted by molar-refractivity contribution is 6.22. The maximum Gasteiger partial charge on any atom is 0.0886 e. The molecule has 0 spiro atoms. The zero-order chi connectivity index (χ0) is 33.8. The summed E-state index contributed by atoms with van der Waals surface area (Å²) in [6.07, 6.45) is 10.8. The van der Waals surface area contributed by atoms with Crippen LogP contribution in [0.2, 0.25) is 0 Å². The minimum Gasteiger partial charge on any atom is -0.255 e. The summed E-state index contributed by atoms with van der Waals surface area (Å²) >= 11 is 0. The van der Waals surface area contributed by atoms with Gasteiger partial charge in [-0.1, -0.05) is 113 Å². The third-order valence-corrected chi connectivity index (χ3v) is 11.9. The Labute approximate surface area is 293 Å². The first kappa shape index (κ1) is 29.3. The van der Waals surface area contributed by atoms with Crippen molar-refractivity contribution in [3.63, 3.8) is 0 Å². The van der Waals surface area contributed by atoms with Crippen molar-refractivity contribution in [3.05, 3.63) is 162 Å². The molecule has 5 aromatic carbocycles. The molecule has 0 radical (unpaired) electrons. The van der Waals surface area contributed by atoms with Gasteiger partial charge >= 0.3 is 0 Å². The average Bonchev–Trinajstić information content (AvgIpc) is 3.52. The fraction of sp³-hybridized carbons (Fsp3) is 0.167. The van der Waals surface area contributed by atoms with E-state index in [4.69, 9.17) is 4.98 Å². The minimum atomic E-state index is -0.0755. The first-order chi connectivity index (χ1) is 24.3. The van der Waals surface area contributed by atoms with Crippen LogP contribution in [0.5, 0.6) is 0 Å². The van der Waals surface area contributed by atoms with Crippen molar-refractivity contribution in [2.45, 2.75) is 51.4 Å². The van der Waals surface area contributed by atoms with Crippen LogP contribution in [0.4, 0.5) is 0 Å². The lowest BCUT2D eigenvalue weighted by Gasteiger charge is -2.25. The molecule has 7 aromatic rings. The van der Waals surface area contributed by atoms with Crippen LogP contribution in [0, 0.1) is 0 Å². The van der Waals surface area contributed by atoms with Crippen molar-refractivity contribution >= 4 is 27.1 Å². The average molecular weight is 643 g/mol. The molecule has 2 nitrogen and oxygen atoms in total. The van der Waals surface area contributed by atoms with Gasteiger partial charge in [-0.25, -0.2) is 0 Å². The van der Waals surface area contributed by atoms with E-state index in [1.165, 1.54) is 82.8 Å². The molecule has 0 bridgehead atoms. The molecule has 0 atom stereocenters. The molecular weight excluding hydrogens is 605 g/mol. The van der Waals surface area contributed by atoms with Crippen molar-refractivity contribution in [1.82, 2.24) is 9.97 Å². The SMILES string of the molecule is CC1(C)C2=C(CCC=C2)c2cc3c(-c4ccc5c(c4)C(C)(C)c4ccccc4-5)c4ccccc4c(-c4ccc(-c5ccccn5)nc4)c3cc21. The number of nitrogens with zero attached hydrogens (tertiary/aromatic N) is 2. The first-order valence-corrected chi connectivity index (χ1v) is 17.9. The van der Waals surface area contributed by atoms with Crippen LogP contribution >= 0.6 is 0 Å². The monoisotopic (exact) mass is 642 g/mol. The van der Waals surface area contributed by atoms with Crippen LogP contribution in [-0.2, 0) is 10.8 Å². The number of benzene rings is 5. The summed E-state index contributed by atoms with van der Waals surface area (Å²) in [7, 11) is 0. The molecule has 3 aliphatic carbocycles. The van der Waals surface area contributed by atoms with Crippen LogP contribution in [0.1, 0.15) is 62.8 Å². The third-order valence-electron chi connectivity index (χ3n) is 11.9. The minimum absolute atomic E-state index is 0.0662. The van der Waals surface area contributed by atoms with Crippen LogP contribution in [0.3, 0.4) is 0 Å². The van der Waals surface area contributed by atoms with E-state index in [0.29, 0.717) is 0 Å². The van der Waals surface area contributed by atoms with Crippen molar-refractivity contribution in [2.75, 3.05) is 0 Å². The van der Waals surface area contributed by atoms with Gasteiger partial charge in [-0.2, -0.15) is 0 Å². The van der Waals surface area contributed by atoms with Crippen molar-refractivity contribution in [1.29, 1.82) is 0 Å². The van der Waals surface area contributed by atoms with E-state index < -0.39 is 0 Å². The van der Waals surface area contributed by atoms with E-state index in [1.807, 2.05) is 30.6 Å². The van der Waals surface area contributed by atoms with Crippen molar-refractivity contribution < 1.29 is 0 Å². The molecule has 0 saturated heterocycles. The van der Waals surface area contributed by atoms with Gasteiger partial charge in [0.1, 0.15) is 0 Å². The second-order valence-electron chi connectivity index (χ2n) is 15.3. The summed E-state index contributed by atoms with van der Waals surface area (Å²) in [5.41, 5.74) is 17.9. The Morgan fingerprint density at radius 1 is 0.520 bits per heavy atom. The van der Waals surface area contributed by atoms with Crippen molar-refractivity contribution in [2.24, 2.45) is 0 Å². The van der Waals surface area contributed by atoms with Crippen molar-refractivity contribution in [3.8, 4) is 44.8 Å². The van der Waals surface area contributed by atoms with Crippen LogP contribution in [0.15, 0.2) is 139 Å². The van der Waals surface area contributed by atoms with Gasteiger partial charge in [-0.3, -0.25) is 9.97 Å². The summed E-state index contributed by atoms with van der Waals surface area (Å²) in [5, 5.41) is 5.11. The van der Waals surface area contributed by atoms with Gasteiger partial charge in [0.2, 0.25) is 0 Å². The number of rotatable bonds is 3. The molecule has 240 valence electrons. The molecule has 0 aliphatic heterocycles. The summed E-state index contributed by atoms with van der Waals surface area (Å²) in [6, 6.07) is 40.6. The fourth-order valence-corrected chi connectivity index (χ4v) is 9.35. The van der Waals surface area contributed by atoms with E-state index in [9.17, 15) is 0 Å². The number of hydrogen-bond donors (Lipinski definition) is 0. The lowest BCUT2D eigenvalue weighted by atomic mass is 9.78. The first-order valence-electron chi connectivity index (χ1n) is 17.9. The van der Waals surface area contributed by atoms with Gasteiger partial charge in [0.25, 0.3) is 0 Å². The Hall–Kier alpha value is -5.60. The Kier molecular flexibility index (Phi) is 6.13. The Morgan fingerprint density at radius 2 is 1.20 bits per heavy atom. The molecule has 50 heavy (non-hydrogen) atoms. The highest BCUT2D eigenvalue weighted by atomic mass is 14.8. The topological polar surface area (TPSA) is 25.8 Å². The van der Waals surface area contributed by atoms with E-state index in [1.54, 1.807) is 0 Å². The number of pyridine rings is 2. The second kappa shape index (κ2) is 10.5. The van der Waals surface area contributed by atoms with Gasteiger partial charge in [0.15, 0.2) is 0 Å². The molecule has 2 heteroatoms. The van der Waals surface area contributed by atoms with Gasteiger partial charge in [0.05, 0.1) is 11.4 Å². The normalized spacial score (nSPS) is 16.4. The standard InChI is InChI=1S/C48H38N2/c1-47(2)39-17-9-7-13-31(39)33-22-20-29(25-41(33)47)45-34-15-5-6-16-35(34)46(30-21-23-44(50-28-30)43-19-11-12-24-49-43)38-27-42-36(26-37(38)45)32-14-8-10-18-40(32)48(42,3)4/h5-7,9-13,15-28H,8,14H2,1-4H3. The third kappa shape index (κ3) is 4.02. The van der Waals surface area contributed by atoms with Gasteiger partial charge in [-0.15, -0.1) is 0 Å². The van der Waals surface area contributed by atoms with E-state index in [-0.39, 0.29) is 10.8 Å². The van der Waals surface area contributed by atoms with Crippen LogP contribution in [-0.4, -0.2) is 9.97 Å². The lowest BCUT2D eigenvalue weighted by Crippen LogP contribution is -2.16. The summed E-state index contributed by atoms with van der Waals surface area (Å²) in [4.78, 5) is 9.54. The quantitative estimate of drug-likeness (QED) is 0.179. The van der Waals surface area contributed by atoms with Crippen LogP contribution < -0.4 is 0 Å². The maximum atomic E-state index is 4.97. The Balaban J connectivity index is 1.29. The molecule has 2 heterocycles. The van der Waals surface area contributed by atoms with Gasteiger partial charge in [0, 0.05) is 28.8 Å². The summed E-state index contributed by atoms with van der Waals surface area (Å²) in [5.74, 6) is 0. The number of hydrogen-bond acceptors (Lipinski definition) is 2. The number of aromatic nitrogens is 2. The molecule has 3 aliphatic rings. The predicted molar refractivity (Wildman–Crippen MR) is 209 cm³/mol. The second-order valence-corrected chi connectivity index (χ2v) is 15.3. The predicted octanol–water partition coefficient (Wildman–Crippen LogP) is 12.5. The lowest BCUT2D eigenvalue weighted by molar-refractivity contribution is 0.652. The molecular formula is C48H38N2. The number of allylic oxidation sites excluding steroid dienone is 4. The fourth-order valence-electron chi connectivity index (χ4n) is 9.35. The molecule has 0 saturated carbocycles. The zero-order valence-corrected chi connectivity index (χ0v) is 29.0. The van der Waals surface area contributed by atoms with Crippen LogP contribution in [0.25, 0.3) is 71.9 Å². The highest BCUT2D eigenvalue weighted by Crippen LogP contribution is 2.55. The molecule has 10 rings (SSSR count). The van der Waals surface area contributed by atoms with Gasteiger partial charge < -0.3 is 0 Å². The largest absolute Gasteiger partial charge is 0.255 e. The molecule has 0 N–H and O–H groups in total. The molecule has 0 amide bonds. The Bertz CT molecular complexity index is 2620. The Morgan fingerprint density at radius 3 is 1.98 bits per heavy atom.